The zero-order chi connectivity index (χ0) is 26.9. The van der Waals surface area contributed by atoms with E-state index in [1.54, 1.807) is 12.1 Å². The smallest absolute Gasteiger partial charge is 0.257 e. The van der Waals surface area contributed by atoms with Gasteiger partial charge in [0, 0.05) is 44.0 Å². The fourth-order valence-corrected chi connectivity index (χ4v) is 5.19. The number of hydrogen-bond acceptors (Lipinski definition) is 4. The maximum absolute atomic E-state index is 12.7. The first kappa shape index (κ1) is 28.0. The molecule has 0 spiro atoms. The Morgan fingerprint density at radius 1 is 0.947 bits per heavy atom. The van der Waals surface area contributed by atoms with E-state index in [1.807, 2.05) is 23.1 Å². The predicted molar refractivity (Wildman–Crippen MR) is 163 cm³/mol. The summed E-state index contributed by atoms with van der Waals surface area (Å²) in [6.07, 6.45) is 3.20. The van der Waals surface area contributed by atoms with E-state index in [9.17, 15) is 4.79 Å². The van der Waals surface area contributed by atoms with Crippen LogP contribution in [0.1, 0.15) is 41.3 Å². The molecule has 38 heavy (non-hydrogen) atoms. The van der Waals surface area contributed by atoms with Gasteiger partial charge >= 0.3 is 0 Å². The zero-order valence-electron chi connectivity index (χ0n) is 23.0. The summed E-state index contributed by atoms with van der Waals surface area (Å²) >= 11 is 5.72. The van der Waals surface area contributed by atoms with E-state index < -0.39 is 0 Å². The Morgan fingerprint density at radius 2 is 1.63 bits per heavy atom. The maximum Gasteiger partial charge on any atom is 0.257 e. The van der Waals surface area contributed by atoms with Crippen LogP contribution in [0.3, 0.4) is 0 Å². The Hall–Kier alpha value is -3.06. The molecule has 1 aliphatic rings. The van der Waals surface area contributed by atoms with Gasteiger partial charge in [-0.15, -0.1) is 0 Å². The third-order valence-corrected chi connectivity index (χ3v) is 7.59. The number of benzene rings is 3. The van der Waals surface area contributed by atoms with Gasteiger partial charge in [-0.05, 0) is 92.4 Å². The number of hydrogen-bond donors (Lipinski definition) is 1. The van der Waals surface area contributed by atoms with Crippen molar-refractivity contribution in [2.75, 3.05) is 51.2 Å². The SMILES string of the molecule is CCCN(C(=S)NC(=O)c1ccccc1)c1cc(-c2ccc(CCCN3CCN(C)CC3)cc2)ccc1C. The van der Waals surface area contributed by atoms with Crippen molar-refractivity contribution in [3.63, 3.8) is 0 Å². The Morgan fingerprint density at radius 3 is 2.32 bits per heavy atom. The summed E-state index contributed by atoms with van der Waals surface area (Å²) < 4.78 is 0. The van der Waals surface area contributed by atoms with Gasteiger partial charge in [-0.1, -0.05) is 61.5 Å². The summed E-state index contributed by atoms with van der Waals surface area (Å²) in [5.41, 5.74) is 6.46. The monoisotopic (exact) mass is 528 g/mol. The second-order valence-corrected chi connectivity index (χ2v) is 10.6. The standard InChI is InChI=1S/C32H40N4OS/c1-4-18-36(32(38)33-31(37)28-10-6-5-7-11-28)30-24-29(15-12-25(30)2)27-16-13-26(14-17-27)9-8-19-35-22-20-34(3)21-23-35/h5-7,10-17,24H,4,8-9,18-23H2,1-3H3,(H,33,37,38). The maximum atomic E-state index is 12.7. The minimum absolute atomic E-state index is 0.186. The number of thiocarbonyl (C=S) groups is 1. The van der Waals surface area contributed by atoms with Gasteiger partial charge in [0.05, 0.1) is 0 Å². The van der Waals surface area contributed by atoms with Crippen LogP contribution in [0.5, 0.6) is 0 Å². The van der Waals surface area contributed by atoms with Crippen molar-refractivity contribution in [2.45, 2.75) is 33.1 Å². The quantitative estimate of drug-likeness (QED) is 0.357. The van der Waals surface area contributed by atoms with Gasteiger partial charge in [0.25, 0.3) is 5.91 Å². The van der Waals surface area contributed by atoms with Crippen molar-refractivity contribution in [1.82, 2.24) is 15.1 Å². The first-order valence-electron chi connectivity index (χ1n) is 13.7. The highest BCUT2D eigenvalue weighted by Crippen LogP contribution is 2.29. The number of nitrogens with zero attached hydrogens (tertiary/aromatic N) is 3. The van der Waals surface area contributed by atoms with Crippen LogP contribution in [0.25, 0.3) is 11.1 Å². The lowest BCUT2D eigenvalue weighted by Crippen LogP contribution is -2.44. The molecule has 3 aromatic carbocycles. The number of amides is 1. The Bertz CT molecular complexity index is 1200. The summed E-state index contributed by atoms with van der Waals surface area (Å²) in [6, 6.07) is 24.6. The molecule has 0 bridgehead atoms. The molecule has 1 amide bonds. The summed E-state index contributed by atoms with van der Waals surface area (Å²) in [6.45, 7) is 10.8. The molecule has 200 valence electrons. The summed E-state index contributed by atoms with van der Waals surface area (Å²) in [4.78, 5) is 19.8. The van der Waals surface area contributed by atoms with Gasteiger partial charge in [-0.3, -0.25) is 10.1 Å². The highest BCUT2D eigenvalue weighted by atomic mass is 32.1. The summed E-state index contributed by atoms with van der Waals surface area (Å²) in [5, 5.41) is 3.36. The molecule has 1 aliphatic heterocycles. The van der Waals surface area contributed by atoms with Crippen LogP contribution in [0, 0.1) is 6.92 Å². The lowest BCUT2D eigenvalue weighted by atomic mass is 9.99. The molecule has 1 fully saturated rings. The first-order valence-corrected chi connectivity index (χ1v) is 14.1. The number of rotatable bonds is 9. The summed E-state index contributed by atoms with van der Waals surface area (Å²) in [7, 11) is 2.20. The normalized spacial score (nSPS) is 14.3. The number of likely N-dealkylation sites (N-methyl/N-ethyl adjacent to an activating group) is 1. The average Bonchev–Trinajstić information content (AvgIpc) is 2.94. The highest BCUT2D eigenvalue weighted by Gasteiger charge is 2.18. The van der Waals surface area contributed by atoms with Crippen molar-refractivity contribution >= 4 is 28.9 Å². The number of anilines is 1. The number of carbonyl (C=O) groups is 1. The fraction of sp³-hybridized carbons (Fsp3) is 0.375. The molecule has 1 N–H and O–H groups in total. The van der Waals surface area contributed by atoms with E-state index >= 15 is 0 Å². The lowest BCUT2D eigenvalue weighted by molar-refractivity contribution is 0.0977. The second-order valence-electron chi connectivity index (χ2n) is 10.2. The van der Waals surface area contributed by atoms with Crippen molar-refractivity contribution in [1.29, 1.82) is 0 Å². The summed E-state index contributed by atoms with van der Waals surface area (Å²) in [5.74, 6) is -0.186. The van der Waals surface area contributed by atoms with E-state index in [2.05, 4.69) is 78.5 Å². The molecule has 5 nitrogen and oxygen atoms in total. The van der Waals surface area contributed by atoms with Gasteiger partial charge in [-0.25, -0.2) is 0 Å². The molecule has 0 aliphatic carbocycles. The largest absolute Gasteiger partial charge is 0.318 e. The van der Waals surface area contributed by atoms with Crippen LogP contribution in [-0.4, -0.2) is 67.1 Å². The Kier molecular flexibility index (Phi) is 10.0. The topological polar surface area (TPSA) is 38.8 Å². The van der Waals surface area contributed by atoms with E-state index in [4.69, 9.17) is 12.2 Å². The Labute approximate surface area is 233 Å². The zero-order valence-corrected chi connectivity index (χ0v) is 23.8. The number of piperazine rings is 1. The number of nitrogens with one attached hydrogen (secondary N) is 1. The lowest BCUT2D eigenvalue weighted by Gasteiger charge is -2.32. The Balaban J connectivity index is 1.42. The molecule has 0 saturated carbocycles. The van der Waals surface area contributed by atoms with Crippen molar-refractivity contribution in [3.8, 4) is 11.1 Å². The van der Waals surface area contributed by atoms with Crippen LogP contribution < -0.4 is 10.2 Å². The third-order valence-electron chi connectivity index (χ3n) is 7.27. The minimum Gasteiger partial charge on any atom is -0.318 e. The molecule has 6 heteroatoms. The van der Waals surface area contributed by atoms with E-state index in [-0.39, 0.29) is 5.91 Å². The van der Waals surface area contributed by atoms with Gasteiger partial charge in [0.1, 0.15) is 0 Å². The molecule has 1 heterocycles. The van der Waals surface area contributed by atoms with Crippen LogP contribution in [0.2, 0.25) is 0 Å². The molecule has 3 aromatic rings. The van der Waals surface area contributed by atoms with Crippen molar-refractivity contribution < 1.29 is 4.79 Å². The fourth-order valence-electron chi connectivity index (χ4n) is 4.90. The van der Waals surface area contributed by atoms with Crippen molar-refractivity contribution in [2.24, 2.45) is 0 Å². The number of aryl methyl sites for hydroxylation is 2. The molecule has 1 saturated heterocycles. The minimum atomic E-state index is -0.186. The molecular formula is C32H40N4OS. The average molecular weight is 529 g/mol. The van der Waals surface area contributed by atoms with Crippen LogP contribution in [0.15, 0.2) is 72.8 Å². The molecule has 0 atom stereocenters. The number of carbonyl (C=O) groups excluding carboxylic acids is 1. The first-order chi connectivity index (χ1) is 18.4. The van der Waals surface area contributed by atoms with Crippen LogP contribution in [-0.2, 0) is 6.42 Å². The molecule has 0 aromatic heterocycles. The van der Waals surface area contributed by atoms with Crippen LogP contribution in [0.4, 0.5) is 5.69 Å². The van der Waals surface area contributed by atoms with E-state index in [1.165, 1.54) is 50.3 Å². The predicted octanol–water partition coefficient (Wildman–Crippen LogP) is 5.77. The van der Waals surface area contributed by atoms with Crippen molar-refractivity contribution in [3.05, 3.63) is 89.5 Å². The van der Waals surface area contributed by atoms with E-state index in [0.717, 1.165) is 36.2 Å². The van der Waals surface area contributed by atoms with Gasteiger partial charge in [-0.2, -0.15) is 0 Å². The molecule has 0 radical (unpaired) electrons. The second kappa shape index (κ2) is 13.7. The van der Waals surface area contributed by atoms with Gasteiger partial charge in [0.2, 0.25) is 0 Å². The molecule has 0 unspecified atom stereocenters. The molecular weight excluding hydrogens is 488 g/mol. The molecule has 4 rings (SSSR count). The highest BCUT2D eigenvalue weighted by molar-refractivity contribution is 7.80. The van der Waals surface area contributed by atoms with Gasteiger partial charge in [0.15, 0.2) is 5.11 Å². The van der Waals surface area contributed by atoms with Crippen LogP contribution >= 0.6 is 12.2 Å². The third kappa shape index (κ3) is 7.50. The van der Waals surface area contributed by atoms with Gasteiger partial charge < -0.3 is 14.7 Å². The van der Waals surface area contributed by atoms with E-state index in [0.29, 0.717) is 10.7 Å².